The van der Waals surface area contributed by atoms with Gasteiger partial charge in [0.1, 0.15) is 5.69 Å². The van der Waals surface area contributed by atoms with E-state index in [1.54, 1.807) is 26.0 Å². The lowest BCUT2D eigenvalue weighted by Crippen LogP contribution is -2.34. The van der Waals surface area contributed by atoms with E-state index in [1.165, 1.54) is 15.6 Å². The van der Waals surface area contributed by atoms with Gasteiger partial charge in [-0.15, -0.1) is 0 Å². The lowest BCUT2D eigenvalue weighted by atomic mass is 10.1. The highest BCUT2D eigenvalue weighted by atomic mass is 32.2. The van der Waals surface area contributed by atoms with Gasteiger partial charge in [0.05, 0.1) is 16.2 Å². The third kappa shape index (κ3) is 3.33. The van der Waals surface area contributed by atoms with Gasteiger partial charge in [-0.2, -0.15) is 0 Å². The van der Waals surface area contributed by atoms with Crippen molar-refractivity contribution < 1.29 is 13.2 Å². The smallest absolute Gasteiger partial charge is 0.271 e. The molecule has 1 aliphatic heterocycles. The molecule has 1 fully saturated rings. The quantitative estimate of drug-likeness (QED) is 0.859. The van der Waals surface area contributed by atoms with E-state index in [9.17, 15) is 18.0 Å². The van der Waals surface area contributed by atoms with Crippen LogP contribution in [-0.2, 0) is 9.84 Å². The summed E-state index contributed by atoms with van der Waals surface area (Å²) in [6.07, 6.45) is 0.365. The van der Waals surface area contributed by atoms with Gasteiger partial charge in [-0.05, 0) is 39.3 Å². The second kappa shape index (κ2) is 6.42. The SMILES string of the molecule is Cc1ccc(-n2[nH]c(C(=O)N3CCC(C)(C)S(=O)(=O)CC3)cc2=O)cc1. The summed E-state index contributed by atoms with van der Waals surface area (Å²) in [7, 11) is -3.27. The van der Waals surface area contributed by atoms with Crippen LogP contribution in [0.15, 0.2) is 35.1 Å². The number of carbonyl (C=O) groups excluding carboxylic acids is 1. The molecule has 2 heterocycles. The number of rotatable bonds is 2. The zero-order valence-electron chi connectivity index (χ0n) is 15.2. The monoisotopic (exact) mass is 377 g/mol. The summed E-state index contributed by atoms with van der Waals surface area (Å²) in [6, 6.07) is 8.61. The van der Waals surface area contributed by atoms with Crippen LogP contribution < -0.4 is 5.56 Å². The topological polar surface area (TPSA) is 92.2 Å². The van der Waals surface area contributed by atoms with Crippen molar-refractivity contribution in [2.75, 3.05) is 18.8 Å². The number of benzene rings is 1. The van der Waals surface area contributed by atoms with Crippen LogP contribution in [0.4, 0.5) is 0 Å². The maximum atomic E-state index is 12.8. The van der Waals surface area contributed by atoms with E-state index in [1.807, 2.05) is 19.1 Å². The van der Waals surface area contributed by atoms with Gasteiger partial charge in [0.15, 0.2) is 9.84 Å². The Morgan fingerprint density at radius 3 is 2.46 bits per heavy atom. The van der Waals surface area contributed by atoms with Crippen molar-refractivity contribution >= 4 is 15.7 Å². The van der Waals surface area contributed by atoms with Crippen molar-refractivity contribution in [3.8, 4) is 5.69 Å². The van der Waals surface area contributed by atoms with E-state index < -0.39 is 14.6 Å². The van der Waals surface area contributed by atoms with Gasteiger partial charge in [-0.3, -0.25) is 14.7 Å². The van der Waals surface area contributed by atoms with E-state index in [-0.39, 0.29) is 29.5 Å². The molecule has 0 radical (unpaired) electrons. The molecular weight excluding hydrogens is 354 g/mol. The van der Waals surface area contributed by atoms with Gasteiger partial charge >= 0.3 is 0 Å². The molecule has 140 valence electrons. The molecule has 1 aliphatic rings. The molecule has 1 aromatic carbocycles. The second-order valence-electron chi connectivity index (χ2n) is 7.30. The summed E-state index contributed by atoms with van der Waals surface area (Å²) in [5.41, 5.74) is 1.53. The molecule has 2 aromatic rings. The Bertz CT molecular complexity index is 984. The maximum absolute atomic E-state index is 12.8. The normalized spacial score (nSPS) is 19.1. The zero-order chi connectivity index (χ0) is 19.1. The number of amides is 1. The predicted molar refractivity (Wildman–Crippen MR) is 99.5 cm³/mol. The van der Waals surface area contributed by atoms with Crippen molar-refractivity contribution in [1.29, 1.82) is 0 Å². The van der Waals surface area contributed by atoms with Crippen molar-refractivity contribution in [3.05, 3.63) is 51.9 Å². The molecule has 1 amide bonds. The molecule has 1 N–H and O–H groups in total. The molecule has 1 saturated heterocycles. The standard InChI is InChI=1S/C18H23N3O4S/c1-13-4-6-14(7-5-13)21-16(22)12-15(19-21)17(23)20-9-8-18(2,3)26(24,25)11-10-20/h4-7,12,19H,8-11H2,1-3H3. The first-order valence-corrected chi connectivity index (χ1v) is 10.2. The average molecular weight is 377 g/mol. The summed E-state index contributed by atoms with van der Waals surface area (Å²) in [6.45, 7) is 5.79. The number of carbonyl (C=O) groups is 1. The van der Waals surface area contributed by atoms with E-state index in [0.717, 1.165) is 5.56 Å². The molecule has 7 nitrogen and oxygen atoms in total. The Labute approximate surface area is 152 Å². The van der Waals surface area contributed by atoms with Crippen molar-refractivity contribution in [2.24, 2.45) is 0 Å². The Hall–Kier alpha value is -2.35. The van der Waals surface area contributed by atoms with Crippen LogP contribution in [0.1, 0.15) is 36.3 Å². The van der Waals surface area contributed by atoms with Crippen molar-refractivity contribution in [3.63, 3.8) is 0 Å². The number of aromatic amines is 1. The number of hydrogen-bond acceptors (Lipinski definition) is 4. The van der Waals surface area contributed by atoms with E-state index in [0.29, 0.717) is 18.7 Å². The predicted octanol–water partition coefficient (Wildman–Crippen LogP) is 1.51. The first-order chi connectivity index (χ1) is 12.1. The third-order valence-corrected chi connectivity index (χ3v) is 7.59. The maximum Gasteiger partial charge on any atom is 0.271 e. The molecule has 0 aliphatic carbocycles. The van der Waals surface area contributed by atoms with Gasteiger partial charge in [-0.25, -0.2) is 13.1 Å². The minimum atomic E-state index is -3.27. The fourth-order valence-corrected chi connectivity index (χ4v) is 4.36. The lowest BCUT2D eigenvalue weighted by molar-refractivity contribution is 0.0758. The molecule has 3 rings (SSSR count). The summed E-state index contributed by atoms with van der Waals surface area (Å²) in [5, 5.41) is 2.84. The Morgan fingerprint density at radius 2 is 1.81 bits per heavy atom. The van der Waals surface area contributed by atoms with Gasteiger partial charge in [-0.1, -0.05) is 17.7 Å². The van der Waals surface area contributed by atoms with Gasteiger partial charge in [0, 0.05) is 19.2 Å². The minimum absolute atomic E-state index is 0.0748. The van der Waals surface area contributed by atoms with Crippen LogP contribution in [0, 0.1) is 6.92 Å². The molecule has 1 aromatic heterocycles. The fourth-order valence-electron chi connectivity index (χ4n) is 2.94. The highest BCUT2D eigenvalue weighted by Crippen LogP contribution is 2.25. The van der Waals surface area contributed by atoms with Crippen molar-refractivity contribution in [1.82, 2.24) is 14.7 Å². The Balaban J connectivity index is 1.86. The number of sulfone groups is 1. The molecule has 0 saturated carbocycles. The Morgan fingerprint density at radius 1 is 1.15 bits per heavy atom. The largest absolute Gasteiger partial charge is 0.336 e. The highest BCUT2D eigenvalue weighted by Gasteiger charge is 2.38. The first-order valence-electron chi connectivity index (χ1n) is 8.51. The number of aryl methyl sites for hydroxylation is 1. The van der Waals surface area contributed by atoms with E-state index >= 15 is 0 Å². The number of nitrogens with one attached hydrogen (secondary N) is 1. The van der Waals surface area contributed by atoms with Crippen molar-refractivity contribution in [2.45, 2.75) is 31.9 Å². The fraction of sp³-hybridized carbons (Fsp3) is 0.444. The second-order valence-corrected chi connectivity index (χ2v) is 10.0. The van der Waals surface area contributed by atoms with E-state index in [2.05, 4.69) is 5.10 Å². The van der Waals surface area contributed by atoms with E-state index in [4.69, 9.17) is 0 Å². The van der Waals surface area contributed by atoms with Crippen LogP contribution >= 0.6 is 0 Å². The lowest BCUT2D eigenvalue weighted by Gasteiger charge is -2.22. The summed E-state index contributed by atoms with van der Waals surface area (Å²) in [5.74, 6) is -0.435. The number of nitrogens with zero attached hydrogens (tertiary/aromatic N) is 2. The first kappa shape index (κ1) is 18.4. The molecule has 0 unspecified atom stereocenters. The molecular formula is C18H23N3O4S. The van der Waals surface area contributed by atoms with Crippen LogP contribution in [0.3, 0.4) is 0 Å². The van der Waals surface area contributed by atoms with Gasteiger partial charge in [0.2, 0.25) is 0 Å². The minimum Gasteiger partial charge on any atom is -0.336 e. The van der Waals surface area contributed by atoms with Crippen LogP contribution in [0.5, 0.6) is 0 Å². The molecule has 0 spiro atoms. The zero-order valence-corrected chi connectivity index (χ0v) is 16.0. The average Bonchev–Trinajstić information content (AvgIpc) is 2.91. The summed E-state index contributed by atoms with van der Waals surface area (Å²) < 4.78 is 25.1. The van der Waals surface area contributed by atoms with Crippen LogP contribution in [0.2, 0.25) is 0 Å². The van der Waals surface area contributed by atoms with Crippen LogP contribution in [-0.4, -0.2) is 52.6 Å². The number of aromatic nitrogens is 2. The van der Waals surface area contributed by atoms with Crippen LogP contribution in [0.25, 0.3) is 5.69 Å². The number of hydrogen-bond donors (Lipinski definition) is 1. The van der Waals surface area contributed by atoms with Gasteiger partial charge in [0.25, 0.3) is 11.5 Å². The number of H-pyrrole nitrogens is 1. The molecule has 0 bridgehead atoms. The molecule has 8 heteroatoms. The highest BCUT2D eigenvalue weighted by molar-refractivity contribution is 7.92. The molecule has 26 heavy (non-hydrogen) atoms. The van der Waals surface area contributed by atoms with Gasteiger partial charge < -0.3 is 4.90 Å². The summed E-state index contributed by atoms with van der Waals surface area (Å²) >= 11 is 0. The summed E-state index contributed by atoms with van der Waals surface area (Å²) in [4.78, 5) is 26.5. The Kier molecular flexibility index (Phi) is 4.56. The third-order valence-electron chi connectivity index (χ3n) is 4.99. The molecule has 0 atom stereocenters.